The van der Waals surface area contributed by atoms with Crippen LogP contribution < -0.4 is 5.32 Å². The van der Waals surface area contributed by atoms with Gasteiger partial charge < -0.3 is 5.32 Å². The molecule has 0 aliphatic heterocycles. The van der Waals surface area contributed by atoms with Gasteiger partial charge in [-0.15, -0.1) is 0 Å². The molecular weight excluding hydrogens is 217 g/mol. The summed E-state index contributed by atoms with van der Waals surface area (Å²) in [5, 5.41) is 7.43. The number of benzene rings is 1. The molecule has 0 radical (unpaired) electrons. The van der Waals surface area contributed by atoms with Crippen LogP contribution in [0.2, 0.25) is 0 Å². The first-order valence-corrected chi connectivity index (χ1v) is 5.78. The molecule has 0 fully saturated rings. The van der Waals surface area contributed by atoms with E-state index in [1.165, 1.54) is 12.1 Å². The fraction of sp³-hybridized carbons (Fsp3) is 0.308. The number of hydrogen-bond acceptors (Lipinski definition) is 2. The molecule has 90 valence electrons. The van der Waals surface area contributed by atoms with E-state index in [1.807, 2.05) is 16.9 Å². The minimum atomic E-state index is -0.203. The van der Waals surface area contributed by atoms with Crippen LogP contribution in [0.1, 0.15) is 18.9 Å². The van der Waals surface area contributed by atoms with Gasteiger partial charge in [-0.3, -0.25) is 4.68 Å². The van der Waals surface area contributed by atoms with Gasteiger partial charge in [0.2, 0.25) is 0 Å². The maximum absolute atomic E-state index is 13.0. The number of halogens is 1. The van der Waals surface area contributed by atoms with Crippen molar-refractivity contribution in [1.29, 1.82) is 0 Å². The van der Waals surface area contributed by atoms with Gasteiger partial charge in [0.1, 0.15) is 5.82 Å². The van der Waals surface area contributed by atoms with Crippen molar-refractivity contribution in [3.63, 3.8) is 0 Å². The predicted molar refractivity (Wildman–Crippen MR) is 66.2 cm³/mol. The van der Waals surface area contributed by atoms with Crippen molar-refractivity contribution < 1.29 is 4.39 Å². The molecule has 1 heterocycles. The van der Waals surface area contributed by atoms with Gasteiger partial charge in [0.25, 0.3) is 0 Å². The van der Waals surface area contributed by atoms with E-state index in [9.17, 15) is 4.39 Å². The zero-order valence-electron chi connectivity index (χ0n) is 9.86. The lowest BCUT2D eigenvalue weighted by molar-refractivity contribution is 0.603. The lowest BCUT2D eigenvalue weighted by atomic mass is 10.2. The van der Waals surface area contributed by atoms with Crippen LogP contribution in [0.4, 0.5) is 10.1 Å². The summed E-state index contributed by atoms with van der Waals surface area (Å²) in [5.74, 6) is -0.203. The monoisotopic (exact) mass is 233 g/mol. The van der Waals surface area contributed by atoms with Gasteiger partial charge in [0.05, 0.1) is 11.9 Å². The summed E-state index contributed by atoms with van der Waals surface area (Å²) < 4.78 is 14.8. The van der Waals surface area contributed by atoms with Crippen LogP contribution in [0.5, 0.6) is 0 Å². The Morgan fingerprint density at radius 1 is 1.41 bits per heavy atom. The van der Waals surface area contributed by atoms with E-state index in [2.05, 4.69) is 17.3 Å². The second kappa shape index (κ2) is 5.48. The molecule has 0 spiro atoms. The maximum Gasteiger partial charge on any atom is 0.123 e. The second-order valence-electron chi connectivity index (χ2n) is 3.98. The number of nitrogens with zero attached hydrogens (tertiary/aromatic N) is 2. The molecular formula is C13H16FN3. The van der Waals surface area contributed by atoms with Gasteiger partial charge in [-0.25, -0.2) is 4.39 Å². The number of nitrogens with one attached hydrogen (secondary N) is 1. The molecule has 0 atom stereocenters. The van der Waals surface area contributed by atoms with Crippen LogP contribution >= 0.6 is 0 Å². The van der Waals surface area contributed by atoms with Gasteiger partial charge in [-0.05, 0) is 24.1 Å². The number of hydrogen-bond donors (Lipinski definition) is 1. The van der Waals surface area contributed by atoms with Crippen molar-refractivity contribution in [1.82, 2.24) is 9.78 Å². The minimum absolute atomic E-state index is 0.203. The quantitative estimate of drug-likeness (QED) is 0.860. The van der Waals surface area contributed by atoms with Crippen molar-refractivity contribution >= 4 is 5.69 Å². The van der Waals surface area contributed by atoms with Gasteiger partial charge >= 0.3 is 0 Å². The highest BCUT2D eigenvalue weighted by molar-refractivity contribution is 5.39. The van der Waals surface area contributed by atoms with E-state index < -0.39 is 0 Å². The molecule has 0 saturated heterocycles. The largest absolute Gasteiger partial charge is 0.378 e. The third-order valence-electron chi connectivity index (χ3n) is 2.47. The van der Waals surface area contributed by atoms with Crippen LogP contribution in [-0.4, -0.2) is 9.78 Å². The van der Waals surface area contributed by atoms with Crippen molar-refractivity contribution in [3.8, 4) is 0 Å². The predicted octanol–water partition coefficient (Wildman–Crippen LogP) is 3.04. The molecule has 1 aromatic carbocycles. The number of aromatic nitrogens is 2. The van der Waals surface area contributed by atoms with Crippen molar-refractivity contribution in [2.24, 2.45) is 0 Å². The minimum Gasteiger partial charge on any atom is -0.378 e. The Morgan fingerprint density at radius 3 is 3.06 bits per heavy atom. The highest BCUT2D eigenvalue weighted by Crippen LogP contribution is 2.09. The van der Waals surface area contributed by atoms with Crippen molar-refractivity contribution in [2.75, 3.05) is 5.32 Å². The van der Waals surface area contributed by atoms with Gasteiger partial charge in [0, 0.05) is 19.3 Å². The fourth-order valence-corrected chi connectivity index (χ4v) is 1.66. The third kappa shape index (κ3) is 3.31. The first kappa shape index (κ1) is 11.6. The van der Waals surface area contributed by atoms with E-state index in [0.29, 0.717) is 6.54 Å². The number of rotatable bonds is 5. The lowest BCUT2D eigenvalue weighted by Gasteiger charge is -2.03. The summed E-state index contributed by atoms with van der Waals surface area (Å²) in [6.45, 7) is 3.64. The highest BCUT2D eigenvalue weighted by atomic mass is 19.1. The van der Waals surface area contributed by atoms with E-state index in [0.717, 1.165) is 24.2 Å². The van der Waals surface area contributed by atoms with Gasteiger partial charge in [0.15, 0.2) is 0 Å². The van der Waals surface area contributed by atoms with E-state index in [4.69, 9.17) is 0 Å². The molecule has 2 rings (SSSR count). The Balaban J connectivity index is 1.93. The topological polar surface area (TPSA) is 29.9 Å². The molecule has 3 nitrogen and oxygen atoms in total. The Kier molecular flexibility index (Phi) is 3.75. The smallest absolute Gasteiger partial charge is 0.123 e. The molecule has 0 bridgehead atoms. The standard InChI is InChI=1S/C13H16FN3/c1-2-6-17-10-13(9-16-17)15-8-11-4-3-5-12(14)7-11/h3-5,7,9-10,15H,2,6,8H2,1H3. The first-order valence-electron chi connectivity index (χ1n) is 5.78. The van der Waals surface area contributed by atoms with E-state index >= 15 is 0 Å². The zero-order valence-corrected chi connectivity index (χ0v) is 9.86. The first-order chi connectivity index (χ1) is 8.28. The van der Waals surface area contributed by atoms with E-state index in [-0.39, 0.29) is 5.82 Å². The fourth-order valence-electron chi connectivity index (χ4n) is 1.66. The Labute approximate surface area is 100 Å². The summed E-state index contributed by atoms with van der Waals surface area (Å²) in [5.41, 5.74) is 1.89. The molecule has 17 heavy (non-hydrogen) atoms. The molecule has 0 amide bonds. The van der Waals surface area contributed by atoms with Gasteiger partial charge in [-0.2, -0.15) is 5.10 Å². The van der Waals surface area contributed by atoms with E-state index in [1.54, 1.807) is 12.3 Å². The average molecular weight is 233 g/mol. The Hall–Kier alpha value is -1.84. The molecule has 2 aromatic rings. The second-order valence-corrected chi connectivity index (χ2v) is 3.98. The summed E-state index contributed by atoms with van der Waals surface area (Å²) >= 11 is 0. The summed E-state index contributed by atoms with van der Waals surface area (Å²) in [7, 11) is 0. The molecule has 4 heteroatoms. The normalized spacial score (nSPS) is 10.5. The maximum atomic E-state index is 13.0. The van der Waals surface area contributed by atoms with Crippen molar-refractivity contribution in [3.05, 3.63) is 48.0 Å². The molecule has 0 saturated carbocycles. The zero-order chi connectivity index (χ0) is 12.1. The van der Waals surface area contributed by atoms with Gasteiger partial charge in [-0.1, -0.05) is 19.1 Å². The molecule has 0 unspecified atom stereocenters. The molecule has 1 aromatic heterocycles. The Morgan fingerprint density at radius 2 is 2.29 bits per heavy atom. The Bertz CT molecular complexity index is 479. The average Bonchev–Trinajstić information content (AvgIpc) is 2.75. The molecule has 1 N–H and O–H groups in total. The number of anilines is 1. The number of aryl methyl sites for hydroxylation is 1. The third-order valence-corrected chi connectivity index (χ3v) is 2.47. The SMILES string of the molecule is CCCn1cc(NCc2cccc(F)c2)cn1. The van der Waals surface area contributed by atoms with Crippen LogP contribution in [0.25, 0.3) is 0 Å². The van der Waals surface area contributed by atoms with Crippen LogP contribution in [-0.2, 0) is 13.1 Å². The summed E-state index contributed by atoms with van der Waals surface area (Å²) in [6.07, 6.45) is 4.81. The molecule has 0 aliphatic rings. The highest BCUT2D eigenvalue weighted by Gasteiger charge is 1.98. The van der Waals surface area contributed by atoms with Crippen LogP contribution in [0.15, 0.2) is 36.7 Å². The summed E-state index contributed by atoms with van der Waals surface area (Å²) in [6, 6.07) is 6.59. The summed E-state index contributed by atoms with van der Waals surface area (Å²) in [4.78, 5) is 0. The van der Waals surface area contributed by atoms with Crippen molar-refractivity contribution in [2.45, 2.75) is 26.4 Å². The van der Waals surface area contributed by atoms with Crippen LogP contribution in [0.3, 0.4) is 0 Å². The van der Waals surface area contributed by atoms with Crippen LogP contribution in [0, 0.1) is 5.82 Å². The molecule has 0 aliphatic carbocycles. The lowest BCUT2D eigenvalue weighted by Crippen LogP contribution is -1.99.